The Balaban J connectivity index is 1.74. The maximum atomic E-state index is 13.7. The molecule has 0 heterocycles. The number of hydrogen-bond donors (Lipinski definition) is 0. The molecule has 0 spiro atoms. The van der Waals surface area contributed by atoms with E-state index in [1.165, 1.54) is 11.8 Å². The molecular weight excluding hydrogens is 349 g/mol. The number of hydrogen-bond acceptors (Lipinski definition) is 2. The van der Waals surface area contributed by atoms with Crippen LogP contribution in [0, 0.1) is 17.5 Å². The van der Waals surface area contributed by atoms with Crippen molar-refractivity contribution in [3.63, 3.8) is 0 Å². The highest BCUT2D eigenvalue weighted by molar-refractivity contribution is 5.82. The van der Waals surface area contributed by atoms with Crippen molar-refractivity contribution in [3.05, 3.63) is 95.3 Å². The van der Waals surface area contributed by atoms with Crippen molar-refractivity contribution in [2.75, 3.05) is 11.4 Å². The predicted molar refractivity (Wildman–Crippen MR) is 103 cm³/mol. The molecular formula is C22H19F3N2. The average molecular weight is 368 g/mol. The van der Waals surface area contributed by atoms with E-state index in [0.717, 1.165) is 36.5 Å². The van der Waals surface area contributed by atoms with Crippen molar-refractivity contribution in [1.82, 2.24) is 0 Å². The molecule has 0 saturated carbocycles. The zero-order valence-electron chi connectivity index (χ0n) is 14.9. The smallest absolute Gasteiger partial charge is 0.196 e. The van der Waals surface area contributed by atoms with Gasteiger partial charge in [0.1, 0.15) is 5.69 Å². The van der Waals surface area contributed by atoms with E-state index < -0.39 is 17.5 Å². The van der Waals surface area contributed by atoms with Crippen molar-refractivity contribution in [2.24, 2.45) is 4.99 Å². The number of halogens is 3. The summed E-state index contributed by atoms with van der Waals surface area (Å²) in [6.45, 7) is 3.73. The molecule has 0 aromatic heterocycles. The fourth-order valence-electron chi connectivity index (χ4n) is 2.72. The standard InChI is InChI=1S/C22H19F3N2/c1-2-27(15-17-6-4-3-5-7-17)18-10-8-16(9-11-18)14-26-20-13-12-19(23)21(24)22(20)25/h3-14H,2,15H2,1H3. The van der Waals surface area contributed by atoms with E-state index in [9.17, 15) is 13.2 Å². The summed E-state index contributed by atoms with van der Waals surface area (Å²) in [5.74, 6) is -4.03. The lowest BCUT2D eigenvalue weighted by Gasteiger charge is -2.23. The number of nitrogens with zero attached hydrogens (tertiary/aromatic N) is 2. The first-order chi connectivity index (χ1) is 13.1. The van der Waals surface area contributed by atoms with Gasteiger partial charge in [-0.2, -0.15) is 0 Å². The second-order valence-corrected chi connectivity index (χ2v) is 6.04. The molecule has 0 fully saturated rings. The molecule has 27 heavy (non-hydrogen) atoms. The Morgan fingerprint density at radius 1 is 0.852 bits per heavy atom. The first-order valence-electron chi connectivity index (χ1n) is 8.65. The first-order valence-corrected chi connectivity index (χ1v) is 8.65. The molecule has 3 aromatic rings. The Kier molecular flexibility index (Phi) is 5.91. The quantitative estimate of drug-likeness (QED) is 0.392. The van der Waals surface area contributed by atoms with Crippen LogP contribution >= 0.6 is 0 Å². The van der Waals surface area contributed by atoms with Crippen LogP contribution in [0.15, 0.2) is 71.7 Å². The van der Waals surface area contributed by atoms with Crippen LogP contribution in [0.25, 0.3) is 0 Å². The van der Waals surface area contributed by atoms with Crippen LogP contribution in [0.3, 0.4) is 0 Å². The van der Waals surface area contributed by atoms with Gasteiger partial charge in [-0.3, -0.25) is 4.99 Å². The molecule has 3 rings (SSSR count). The SMILES string of the molecule is CCN(Cc1ccccc1)c1ccc(C=Nc2ccc(F)c(F)c2F)cc1. The van der Waals surface area contributed by atoms with Crippen molar-refractivity contribution in [1.29, 1.82) is 0 Å². The van der Waals surface area contributed by atoms with Crippen molar-refractivity contribution < 1.29 is 13.2 Å². The highest BCUT2D eigenvalue weighted by atomic mass is 19.2. The van der Waals surface area contributed by atoms with Gasteiger partial charge in [-0.1, -0.05) is 42.5 Å². The number of aliphatic imine (C=N–C) groups is 1. The normalized spacial score (nSPS) is 11.1. The maximum Gasteiger partial charge on any atom is 0.196 e. The predicted octanol–water partition coefficient (Wildman–Crippen LogP) is 5.88. The van der Waals surface area contributed by atoms with E-state index in [2.05, 4.69) is 28.9 Å². The van der Waals surface area contributed by atoms with E-state index in [1.54, 1.807) is 0 Å². The third kappa shape index (κ3) is 4.56. The summed E-state index contributed by atoms with van der Waals surface area (Å²) in [4.78, 5) is 6.15. The van der Waals surface area contributed by atoms with Gasteiger partial charge in [0.25, 0.3) is 0 Å². The molecule has 5 heteroatoms. The molecule has 0 unspecified atom stereocenters. The summed E-state index contributed by atoms with van der Waals surface area (Å²) < 4.78 is 39.9. The summed E-state index contributed by atoms with van der Waals surface area (Å²) in [6, 6.07) is 19.8. The molecule has 3 aromatic carbocycles. The molecule has 0 amide bonds. The van der Waals surface area contributed by atoms with E-state index in [-0.39, 0.29) is 5.69 Å². The molecule has 2 nitrogen and oxygen atoms in total. The van der Waals surface area contributed by atoms with Crippen LogP contribution in [-0.2, 0) is 6.54 Å². The minimum atomic E-state index is -1.51. The zero-order valence-corrected chi connectivity index (χ0v) is 14.9. The Bertz CT molecular complexity index is 922. The van der Waals surface area contributed by atoms with Gasteiger partial charge in [-0.05, 0) is 42.3 Å². The lowest BCUT2D eigenvalue weighted by atomic mass is 10.1. The molecule has 0 N–H and O–H groups in total. The van der Waals surface area contributed by atoms with Crippen LogP contribution < -0.4 is 4.90 Å². The maximum absolute atomic E-state index is 13.7. The van der Waals surface area contributed by atoms with E-state index in [4.69, 9.17) is 0 Å². The van der Waals surface area contributed by atoms with Crippen LogP contribution in [0.2, 0.25) is 0 Å². The van der Waals surface area contributed by atoms with E-state index >= 15 is 0 Å². The van der Waals surface area contributed by atoms with Gasteiger partial charge in [-0.15, -0.1) is 0 Å². The summed E-state index contributed by atoms with van der Waals surface area (Å²) in [5, 5.41) is 0. The molecule has 0 aliphatic rings. The van der Waals surface area contributed by atoms with Gasteiger partial charge in [0, 0.05) is 25.0 Å². The lowest BCUT2D eigenvalue weighted by molar-refractivity contribution is 0.448. The van der Waals surface area contributed by atoms with E-state index in [0.29, 0.717) is 0 Å². The summed E-state index contributed by atoms with van der Waals surface area (Å²) in [5.41, 5.74) is 2.77. The molecule has 138 valence electrons. The van der Waals surface area contributed by atoms with Gasteiger partial charge >= 0.3 is 0 Å². The highest BCUT2D eigenvalue weighted by Gasteiger charge is 2.12. The number of rotatable bonds is 6. The topological polar surface area (TPSA) is 15.6 Å². The van der Waals surface area contributed by atoms with Gasteiger partial charge < -0.3 is 4.90 Å². The zero-order chi connectivity index (χ0) is 19.2. The minimum Gasteiger partial charge on any atom is -0.367 e. The van der Waals surface area contributed by atoms with Crippen LogP contribution in [-0.4, -0.2) is 12.8 Å². The molecule has 0 atom stereocenters. The van der Waals surface area contributed by atoms with Crippen molar-refractivity contribution >= 4 is 17.6 Å². The van der Waals surface area contributed by atoms with Gasteiger partial charge in [0.2, 0.25) is 0 Å². The Labute approximate surface area is 156 Å². The highest BCUT2D eigenvalue weighted by Crippen LogP contribution is 2.23. The van der Waals surface area contributed by atoms with E-state index in [1.807, 2.05) is 42.5 Å². The second kappa shape index (κ2) is 8.54. The second-order valence-electron chi connectivity index (χ2n) is 6.04. The van der Waals surface area contributed by atoms with Gasteiger partial charge in [0.15, 0.2) is 17.5 Å². The van der Waals surface area contributed by atoms with Crippen LogP contribution in [0.1, 0.15) is 18.1 Å². The van der Waals surface area contributed by atoms with Gasteiger partial charge in [0.05, 0.1) is 0 Å². The molecule has 0 aliphatic heterocycles. The number of anilines is 1. The fraction of sp³-hybridized carbons (Fsp3) is 0.136. The minimum absolute atomic E-state index is 0.239. The Morgan fingerprint density at radius 3 is 2.22 bits per heavy atom. The summed E-state index contributed by atoms with van der Waals surface area (Å²) >= 11 is 0. The third-order valence-electron chi connectivity index (χ3n) is 4.22. The first kappa shape index (κ1) is 18.7. The summed E-state index contributed by atoms with van der Waals surface area (Å²) in [6.07, 6.45) is 1.42. The van der Waals surface area contributed by atoms with Crippen molar-refractivity contribution in [3.8, 4) is 0 Å². The lowest BCUT2D eigenvalue weighted by Crippen LogP contribution is -2.21. The van der Waals surface area contributed by atoms with Crippen molar-refractivity contribution in [2.45, 2.75) is 13.5 Å². The Morgan fingerprint density at radius 2 is 1.56 bits per heavy atom. The van der Waals surface area contributed by atoms with Gasteiger partial charge in [-0.25, -0.2) is 13.2 Å². The fourth-order valence-corrected chi connectivity index (χ4v) is 2.72. The van der Waals surface area contributed by atoms with Crippen LogP contribution in [0.4, 0.5) is 24.5 Å². The number of benzene rings is 3. The monoisotopic (exact) mass is 368 g/mol. The Hall–Kier alpha value is -3.08. The summed E-state index contributed by atoms with van der Waals surface area (Å²) in [7, 11) is 0. The molecule has 0 saturated heterocycles. The molecule has 0 bridgehead atoms. The van der Waals surface area contributed by atoms with Crippen LogP contribution in [0.5, 0.6) is 0 Å². The largest absolute Gasteiger partial charge is 0.367 e. The average Bonchev–Trinajstić information content (AvgIpc) is 2.71. The third-order valence-corrected chi connectivity index (χ3v) is 4.22. The molecule has 0 aliphatic carbocycles. The molecule has 0 radical (unpaired) electrons.